The summed E-state index contributed by atoms with van der Waals surface area (Å²) in [6.45, 7) is 3.45. The Kier molecular flexibility index (Phi) is 2.64. The van der Waals surface area contributed by atoms with E-state index in [1.54, 1.807) is 0 Å². The van der Waals surface area contributed by atoms with Crippen LogP contribution in [0.1, 0.15) is 6.42 Å². The van der Waals surface area contributed by atoms with E-state index in [1.165, 1.54) is 6.08 Å². The Hall–Kier alpha value is -1.72. The molecule has 6 nitrogen and oxygen atoms in total. The fraction of sp³-hybridized carbons (Fsp3) is 0.500. The van der Waals surface area contributed by atoms with E-state index in [4.69, 9.17) is 5.11 Å². The maximum atomic E-state index is 10.8. The Bertz CT molecular complexity index is 273. The summed E-state index contributed by atoms with van der Waals surface area (Å²) in [4.78, 5) is 21.1. The smallest absolute Gasteiger partial charge is 0.450 e. The van der Waals surface area contributed by atoms with E-state index >= 15 is 0 Å². The van der Waals surface area contributed by atoms with E-state index in [2.05, 4.69) is 20.8 Å². The quantitative estimate of drug-likeness (QED) is 0.422. The van der Waals surface area contributed by atoms with Gasteiger partial charge in [-0.25, -0.2) is 9.59 Å². The third-order valence-corrected chi connectivity index (χ3v) is 1.88. The summed E-state index contributed by atoms with van der Waals surface area (Å²) in [6.07, 6.45) is -0.738. The second kappa shape index (κ2) is 3.57. The summed E-state index contributed by atoms with van der Waals surface area (Å²) in [5.74, 6) is -1.74. The van der Waals surface area contributed by atoms with Crippen LogP contribution in [0.15, 0.2) is 12.7 Å². The SMILES string of the molecule is C=CC1CC1(OC(=O)O)OC(=O)OC. The summed E-state index contributed by atoms with van der Waals surface area (Å²) >= 11 is 0. The van der Waals surface area contributed by atoms with Gasteiger partial charge in [-0.2, -0.15) is 0 Å². The summed E-state index contributed by atoms with van der Waals surface area (Å²) in [6, 6.07) is 0. The largest absolute Gasteiger partial charge is 0.511 e. The predicted molar refractivity (Wildman–Crippen MR) is 43.6 cm³/mol. The predicted octanol–water partition coefficient (Wildman–Crippen LogP) is 1.37. The van der Waals surface area contributed by atoms with Gasteiger partial charge in [-0.3, -0.25) is 0 Å². The monoisotopic (exact) mass is 202 g/mol. The van der Waals surface area contributed by atoms with Gasteiger partial charge in [0.15, 0.2) is 0 Å². The highest BCUT2D eigenvalue weighted by atomic mass is 16.8. The molecule has 2 atom stereocenters. The second-order valence-electron chi connectivity index (χ2n) is 2.78. The van der Waals surface area contributed by atoms with Crippen molar-refractivity contribution in [2.45, 2.75) is 12.2 Å². The van der Waals surface area contributed by atoms with Crippen molar-refractivity contribution in [1.29, 1.82) is 0 Å². The summed E-state index contributed by atoms with van der Waals surface area (Å²) in [7, 11) is 1.13. The molecule has 1 rings (SSSR count). The van der Waals surface area contributed by atoms with Gasteiger partial charge in [0.1, 0.15) is 0 Å². The van der Waals surface area contributed by atoms with Gasteiger partial charge in [0, 0.05) is 6.42 Å². The first-order valence-electron chi connectivity index (χ1n) is 3.85. The molecule has 0 heterocycles. The van der Waals surface area contributed by atoms with E-state index in [-0.39, 0.29) is 12.3 Å². The molecule has 0 saturated heterocycles. The van der Waals surface area contributed by atoms with Gasteiger partial charge in [0.2, 0.25) is 0 Å². The van der Waals surface area contributed by atoms with E-state index in [0.29, 0.717) is 0 Å². The minimum atomic E-state index is -1.50. The molecule has 1 aliphatic rings. The Morgan fingerprint density at radius 2 is 2.21 bits per heavy atom. The molecule has 1 fully saturated rings. The van der Waals surface area contributed by atoms with Crippen molar-refractivity contribution in [1.82, 2.24) is 0 Å². The van der Waals surface area contributed by atoms with Gasteiger partial charge in [-0.05, 0) is 0 Å². The average Bonchev–Trinajstić information content (AvgIpc) is 2.77. The van der Waals surface area contributed by atoms with Crippen LogP contribution in [-0.4, -0.2) is 30.3 Å². The number of rotatable bonds is 3. The normalized spacial score (nSPS) is 28.8. The molecule has 6 heteroatoms. The standard InChI is InChI=1S/C8H10O6/c1-3-5-4-8(5,13-6(9)10)14-7(11)12-2/h3,5H,1,4H2,2H3,(H,9,10). The molecule has 0 aromatic heterocycles. The van der Waals surface area contributed by atoms with Crippen LogP contribution in [0.4, 0.5) is 9.59 Å². The van der Waals surface area contributed by atoms with E-state index in [0.717, 1.165) is 7.11 Å². The Morgan fingerprint density at radius 3 is 2.57 bits per heavy atom. The fourth-order valence-corrected chi connectivity index (χ4v) is 1.10. The zero-order valence-corrected chi connectivity index (χ0v) is 7.56. The zero-order valence-electron chi connectivity index (χ0n) is 7.56. The van der Waals surface area contributed by atoms with Crippen LogP contribution in [0.5, 0.6) is 0 Å². The number of ether oxygens (including phenoxy) is 3. The molecule has 0 aromatic rings. The lowest BCUT2D eigenvalue weighted by Crippen LogP contribution is -2.27. The van der Waals surface area contributed by atoms with Crippen molar-refractivity contribution in [3.63, 3.8) is 0 Å². The maximum Gasteiger partial charge on any atom is 0.511 e. The lowest BCUT2D eigenvalue weighted by Gasteiger charge is -2.14. The third kappa shape index (κ3) is 1.95. The molecule has 0 aromatic carbocycles. The lowest BCUT2D eigenvalue weighted by molar-refractivity contribution is -0.122. The molecule has 2 unspecified atom stereocenters. The number of carbonyl (C=O) groups is 2. The van der Waals surface area contributed by atoms with Gasteiger partial charge in [-0.15, -0.1) is 6.58 Å². The Labute approximate surface area is 80.1 Å². The number of carbonyl (C=O) groups excluding carboxylic acids is 1. The van der Waals surface area contributed by atoms with E-state index in [9.17, 15) is 9.59 Å². The summed E-state index contributed by atoms with van der Waals surface area (Å²) < 4.78 is 13.4. The number of methoxy groups -OCH3 is 1. The molecule has 14 heavy (non-hydrogen) atoms. The van der Waals surface area contributed by atoms with Gasteiger partial charge >= 0.3 is 12.3 Å². The molecule has 1 N–H and O–H groups in total. The van der Waals surface area contributed by atoms with Crippen LogP contribution in [0, 0.1) is 5.92 Å². The Balaban J connectivity index is 2.61. The fourth-order valence-electron chi connectivity index (χ4n) is 1.10. The molecule has 0 spiro atoms. The summed E-state index contributed by atoms with van der Waals surface area (Å²) in [5, 5.41) is 8.40. The number of hydrogen-bond donors (Lipinski definition) is 1. The van der Waals surface area contributed by atoms with E-state index < -0.39 is 18.1 Å². The lowest BCUT2D eigenvalue weighted by atomic mass is 10.4. The molecule has 0 amide bonds. The first-order chi connectivity index (χ1) is 6.54. The Morgan fingerprint density at radius 1 is 1.57 bits per heavy atom. The molecule has 0 bridgehead atoms. The van der Waals surface area contributed by atoms with Crippen LogP contribution < -0.4 is 0 Å². The molecule has 1 aliphatic carbocycles. The van der Waals surface area contributed by atoms with Gasteiger partial charge in [0.25, 0.3) is 5.79 Å². The average molecular weight is 202 g/mol. The van der Waals surface area contributed by atoms with E-state index in [1.807, 2.05) is 0 Å². The minimum Gasteiger partial charge on any atom is -0.450 e. The molecule has 0 radical (unpaired) electrons. The highest BCUT2D eigenvalue weighted by Gasteiger charge is 2.61. The number of carboxylic acid groups (broad SMARTS) is 1. The van der Waals surface area contributed by atoms with Crippen LogP contribution in [-0.2, 0) is 14.2 Å². The first-order valence-corrected chi connectivity index (χ1v) is 3.85. The van der Waals surface area contributed by atoms with Gasteiger partial charge in [-0.1, -0.05) is 6.08 Å². The molecule has 1 saturated carbocycles. The second-order valence-corrected chi connectivity index (χ2v) is 2.78. The van der Waals surface area contributed by atoms with Gasteiger partial charge < -0.3 is 19.3 Å². The molecular formula is C8H10O6. The maximum absolute atomic E-state index is 10.8. The van der Waals surface area contributed by atoms with Crippen LogP contribution >= 0.6 is 0 Å². The zero-order chi connectivity index (χ0) is 10.8. The summed E-state index contributed by atoms with van der Waals surface area (Å²) in [5.41, 5.74) is 0. The van der Waals surface area contributed by atoms with Gasteiger partial charge in [0.05, 0.1) is 13.0 Å². The minimum absolute atomic E-state index is 0.276. The molecule has 0 aliphatic heterocycles. The first kappa shape index (κ1) is 10.4. The molecular weight excluding hydrogens is 192 g/mol. The van der Waals surface area contributed by atoms with Crippen molar-refractivity contribution in [3.8, 4) is 0 Å². The third-order valence-electron chi connectivity index (χ3n) is 1.88. The van der Waals surface area contributed by atoms with Crippen molar-refractivity contribution in [2.24, 2.45) is 5.92 Å². The highest BCUT2D eigenvalue weighted by molar-refractivity contribution is 5.62. The van der Waals surface area contributed by atoms with Crippen molar-refractivity contribution >= 4 is 12.3 Å². The van der Waals surface area contributed by atoms with Crippen molar-refractivity contribution < 1.29 is 28.9 Å². The van der Waals surface area contributed by atoms with Crippen LogP contribution in [0.3, 0.4) is 0 Å². The van der Waals surface area contributed by atoms with Crippen molar-refractivity contribution in [2.75, 3.05) is 7.11 Å². The highest BCUT2D eigenvalue weighted by Crippen LogP contribution is 2.48. The number of hydrogen-bond acceptors (Lipinski definition) is 5. The van der Waals surface area contributed by atoms with Crippen LogP contribution in [0.2, 0.25) is 0 Å². The topological polar surface area (TPSA) is 82.1 Å². The molecule has 78 valence electrons. The van der Waals surface area contributed by atoms with Crippen molar-refractivity contribution in [3.05, 3.63) is 12.7 Å². The van der Waals surface area contributed by atoms with Crippen LogP contribution in [0.25, 0.3) is 0 Å².